The Balaban J connectivity index is 2.20. The van der Waals surface area contributed by atoms with Crippen LogP contribution in [0.2, 0.25) is 58.9 Å². The maximum atomic E-state index is 5.53. The van der Waals surface area contributed by atoms with Crippen molar-refractivity contribution in [1.82, 2.24) is 14.0 Å². The number of nitrogens with zero attached hydrogens (tertiary/aromatic N) is 6. The van der Waals surface area contributed by atoms with E-state index in [0.717, 1.165) is 43.2 Å². The second-order valence-corrected chi connectivity index (χ2v) is 29.3. The lowest BCUT2D eigenvalue weighted by molar-refractivity contribution is 0.437. The third-order valence-electron chi connectivity index (χ3n) is 7.53. The molecule has 3 aromatic carbocycles. The van der Waals surface area contributed by atoms with Crippen LogP contribution < -0.4 is 0 Å². The van der Waals surface area contributed by atoms with Crippen LogP contribution in [-0.4, -0.2) is 55.9 Å². The van der Waals surface area contributed by atoms with Crippen molar-refractivity contribution < 1.29 is 0 Å². The fraction of sp³-hybridized carbons (Fsp3) is 0.417. The molecule has 242 valence electrons. The Bertz CT molecular complexity index is 1420. The molecule has 0 aliphatic rings. The smallest absolute Gasteiger partial charge is 0.169 e. The molecular formula is C36H56N6Si3. The summed E-state index contributed by atoms with van der Waals surface area (Å²) in [7, 11) is -5.55. The summed E-state index contributed by atoms with van der Waals surface area (Å²) < 4.78 is 7.02. The Morgan fingerprint density at radius 1 is 0.489 bits per heavy atom. The van der Waals surface area contributed by atoms with Crippen LogP contribution in [0.1, 0.15) is 37.0 Å². The van der Waals surface area contributed by atoms with Crippen LogP contribution >= 0.6 is 0 Å². The van der Waals surface area contributed by atoms with Gasteiger partial charge in [-0.3, -0.25) is 0 Å². The van der Waals surface area contributed by atoms with Gasteiger partial charge < -0.3 is 14.0 Å². The van der Waals surface area contributed by atoms with E-state index in [1.165, 1.54) is 16.7 Å². The lowest BCUT2D eigenvalue weighted by Crippen LogP contribution is -2.46. The van der Waals surface area contributed by atoms with Crippen molar-refractivity contribution >= 4 is 41.8 Å². The van der Waals surface area contributed by atoms with Gasteiger partial charge in [-0.05, 0) is 30.0 Å². The highest BCUT2D eigenvalue weighted by molar-refractivity contribution is 6.75. The minimum absolute atomic E-state index is 0.758. The Morgan fingerprint density at radius 2 is 0.800 bits per heavy atom. The first-order valence-electron chi connectivity index (χ1n) is 16.2. The van der Waals surface area contributed by atoms with Gasteiger partial charge in [0.05, 0.1) is 31.1 Å². The molecule has 9 heteroatoms. The molecule has 0 aliphatic carbocycles. The molecular weight excluding hydrogens is 601 g/mol. The highest BCUT2D eigenvalue weighted by Crippen LogP contribution is 2.20. The van der Waals surface area contributed by atoms with Gasteiger partial charge in [0.25, 0.3) is 0 Å². The molecule has 0 atom stereocenters. The lowest BCUT2D eigenvalue weighted by Gasteiger charge is -2.35. The molecule has 0 radical (unpaired) electrons. The van der Waals surface area contributed by atoms with E-state index < -0.39 is 24.7 Å². The fourth-order valence-corrected chi connectivity index (χ4v) is 7.90. The summed E-state index contributed by atoms with van der Waals surface area (Å²) >= 11 is 0. The van der Waals surface area contributed by atoms with Crippen molar-refractivity contribution in [3.8, 4) is 0 Å². The molecule has 0 saturated carbocycles. The van der Waals surface area contributed by atoms with Crippen LogP contribution in [0.5, 0.6) is 0 Å². The second-order valence-electron chi connectivity index (χ2n) is 14.7. The lowest BCUT2D eigenvalue weighted by atomic mass is 10.1. The number of rotatable bonds is 15. The molecule has 0 unspecified atom stereocenters. The normalized spacial score (nSPS) is 13.5. The largest absolute Gasteiger partial charge is 0.320 e. The van der Waals surface area contributed by atoms with E-state index in [1.54, 1.807) is 0 Å². The number of hydrogen-bond acceptors (Lipinski definition) is 6. The van der Waals surface area contributed by atoms with E-state index in [0.29, 0.717) is 0 Å². The van der Waals surface area contributed by atoms with E-state index in [9.17, 15) is 0 Å². The van der Waals surface area contributed by atoms with Crippen LogP contribution in [0.3, 0.4) is 0 Å². The molecule has 45 heavy (non-hydrogen) atoms. The topological polar surface area (TPSA) is 46.8 Å². The van der Waals surface area contributed by atoms with Gasteiger partial charge in [0.2, 0.25) is 0 Å². The molecule has 3 rings (SSSR count). The first-order valence-corrected chi connectivity index (χ1v) is 26.6. The number of hydrazone groups is 3. The van der Waals surface area contributed by atoms with Gasteiger partial charge >= 0.3 is 0 Å². The summed E-state index contributed by atoms with van der Waals surface area (Å²) in [5.41, 5.74) is 6.59. The number of benzene rings is 3. The van der Waals surface area contributed by atoms with E-state index in [4.69, 9.17) is 15.3 Å². The second kappa shape index (κ2) is 15.8. The Kier molecular flexibility index (Phi) is 12.7. The molecule has 0 fully saturated rings. The van der Waals surface area contributed by atoms with Crippen LogP contribution in [0, 0.1) is 0 Å². The van der Waals surface area contributed by atoms with Gasteiger partial charge in [0, 0.05) is 0 Å². The van der Waals surface area contributed by atoms with Crippen LogP contribution in [0.25, 0.3) is 0 Å². The van der Waals surface area contributed by atoms with E-state index in [-0.39, 0.29) is 0 Å². The summed E-state index contributed by atoms with van der Waals surface area (Å²) in [6, 6.07) is 32.0. The van der Waals surface area contributed by atoms with Gasteiger partial charge in [-0.2, -0.15) is 15.3 Å². The minimum Gasteiger partial charge on any atom is -0.320 e. The molecule has 0 N–H and O–H groups in total. The Hall–Kier alpha value is -3.28. The maximum absolute atomic E-state index is 5.53. The predicted molar refractivity (Wildman–Crippen MR) is 204 cm³/mol. The summed E-state index contributed by atoms with van der Waals surface area (Å²) in [4.78, 5) is 0. The first-order chi connectivity index (χ1) is 21.1. The monoisotopic (exact) mass is 656 g/mol. The van der Waals surface area contributed by atoms with Crippen molar-refractivity contribution in [3.05, 3.63) is 108 Å². The Morgan fingerprint density at radius 3 is 1.11 bits per heavy atom. The van der Waals surface area contributed by atoms with E-state index in [2.05, 4.69) is 178 Å². The highest BCUT2D eigenvalue weighted by atomic mass is 28.3. The summed E-state index contributed by atoms with van der Waals surface area (Å²) in [5, 5.41) is 16.4. The van der Waals surface area contributed by atoms with Crippen molar-refractivity contribution in [3.63, 3.8) is 0 Å². The third-order valence-corrected chi connectivity index (χ3v) is 13.0. The van der Waals surface area contributed by atoms with Crippen molar-refractivity contribution in [2.75, 3.05) is 0 Å². The SMILES string of the molecule is CCC(=N\N(Cc1ccccc1)[Si](C)(C)C)/C(=N\N(Cc1ccccc1)[Si](C)(C)C)C(/C)=N/N(Cc1ccccc1)[Si](C)(C)C. The molecule has 0 aliphatic heterocycles. The summed E-state index contributed by atoms with van der Waals surface area (Å²) in [6.45, 7) is 27.9. The van der Waals surface area contributed by atoms with E-state index in [1.807, 2.05) is 0 Å². The van der Waals surface area contributed by atoms with Crippen LogP contribution in [0.15, 0.2) is 106 Å². The first kappa shape index (κ1) is 36.2. The van der Waals surface area contributed by atoms with Gasteiger partial charge in [-0.25, -0.2) is 0 Å². The van der Waals surface area contributed by atoms with Crippen molar-refractivity contribution in [1.29, 1.82) is 0 Å². The highest BCUT2D eigenvalue weighted by Gasteiger charge is 2.29. The zero-order valence-electron chi connectivity index (χ0n) is 29.7. The zero-order valence-corrected chi connectivity index (χ0v) is 32.7. The fourth-order valence-electron chi connectivity index (χ4n) is 4.66. The van der Waals surface area contributed by atoms with Crippen LogP contribution in [0.4, 0.5) is 0 Å². The summed E-state index contributed by atoms with van der Waals surface area (Å²) in [6.07, 6.45) is 0.762. The summed E-state index contributed by atoms with van der Waals surface area (Å²) in [5.74, 6) is 0. The molecule has 0 saturated heterocycles. The van der Waals surface area contributed by atoms with Gasteiger partial charge in [0.1, 0.15) is 5.71 Å². The molecule has 3 aromatic rings. The standard InChI is InChI=1S/C36H56N6Si3/c1-12-35(38-41(44(6,7)8)29-33-24-18-14-19-25-33)36(39-42(45(9,10)11)30-34-26-20-15-21-27-34)31(2)37-40(43(3,4)5)28-32-22-16-13-17-23-32/h13-27H,12,28-30H2,1-11H3/b37-31+,38-35+,39-36-. The molecule has 0 spiro atoms. The molecule has 0 bridgehead atoms. The van der Waals surface area contributed by atoms with Crippen molar-refractivity contribution in [2.45, 2.75) is 98.8 Å². The van der Waals surface area contributed by atoms with Gasteiger partial charge in [-0.15, -0.1) is 0 Å². The van der Waals surface area contributed by atoms with Gasteiger partial charge in [0.15, 0.2) is 24.7 Å². The predicted octanol–water partition coefficient (Wildman–Crippen LogP) is 9.50. The van der Waals surface area contributed by atoms with Crippen LogP contribution in [-0.2, 0) is 19.6 Å². The molecule has 6 nitrogen and oxygen atoms in total. The maximum Gasteiger partial charge on any atom is 0.169 e. The quantitative estimate of drug-likeness (QED) is 0.0930. The zero-order chi connectivity index (χ0) is 33.3. The third kappa shape index (κ3) is 11.5. The number of hydrogen-bond donors (Lipinski definition) is 0. The average Bonchev–Trinajstić information content (AvgIpc) is 2.97. The molecule has 0 heterocycles. The molecule has 0 amide bonds. The average molecular weight is 657 g/mol. The molecule has 0 aromatic heterocycles. The Labute approximate surface area is 276 Å². The van der Waals surface area contributed by atoms with Crippen molar-refractivity contribution in [2.24, 2.45) is 15.3 Å². The van der Waals surface area contributed by atoms with Gasteiger partial charge in [-0.1, -0.05) is 157 Å². The minimum atomic E-state index is -1.89. The van der Waals surface area contributed by atoms with E-state index >= 15 is 0 Å².